The summed E-state index contributed by atoms with van der Waals surface area (Å²) in [5.41, 5.74) is 7.14. The van der Waals surface area contributed by atoms with Crippen LogP contribution in [-0.2, 0) is 9.63 Å². The maximum Gasteiger partial charge on any atom is 0.139 e. The van der Waals surface area contributed by atoms with Gasteiger partial charge in [0.05, 0.1) is 5.71 Å². The quantitative estimate of drug-likeness (QED) is 0.560. The van der Waals surface area contributed by atoms with E-state index in [9.17, 15) is 4.79 Å². The van der Waals surface area contributed by atoms with Gasteiger partial charge in [0, 0.05) is 18.4 Å². The van der Waals surface area contributed by atoms with E-state index in [0.717, 1.165) is 43.9 Å². The molecule has 0 heterocycles. The third kappa shape index (κ3) is 3.25. The van der Waals surface area contributed by atoms with Crippen molar-refractivity contribution in [3.8, 4) is 0 Å². The highest BCUT2D eigenvalue weighted by Gasteiger charge is 2.61. The smallest absolute Gasteiger partial charge is 0.139 e. The highest BCUT2D eigenvalue weighted by Crippen LogP contribution is 2.66. The Labute approximate surface area is 170 Å². The van der Waals surface area contributed by atoms with E-state index in [1.54, 1.807) is 0 Å². The zero-order valence-electron chi connectivity index (χ0n) is 17.2. The van der Waals surface area contributed by atoms with Gasteiger partial charge >= 0.3 is 0 Å². The second kappa shape index (κ2) is 7.67. The van der Waals surface area contributed by atoms with E-state index in [2.05, 4.69) is 25.9 Å². The Morgan fingerprint density at radius 2 is 1.93 bits per heavy atom. The van der Waals surface area contributed by atoms with Crippen molar-refractivity contribution in [3.05, 3.63) is 0 Å². The number of oxime groups is 1. The molecular formula is C22H37ClN2O2. The molecule has 5 heteroatoms. The SMILES string of the molecule is CC1C[C@@H]2[C@H](CC[C@]3(C)C(=O)CC[C@@H]23)[C@@]2(C)CCC(=NOCCN)CC12.Cl. The summed E-state index contributed by atoms with van der Waals surface area (Å²) in [6.07, 6.45) is 9.02. The monoisotopic (exact) mass is 396 g/mol. The first-order valence-corrected chi connectivity index (χ1v) is 10.8. The van der Waals surface area contributed by atoms with Crippen LogP contribution in [0.3, 0.4) is 0 Å². The predicted molar refractivity (Wildman–Crippen MR) is 111 cm³/mol. The number of hydrogen-bond acceptors (Lipinski definition) is 4. The molecular weight excluding hydrogens is 360 g/mol. The maximum atomic E-state index is 12.6. The van der Waals surface area contributed by atoms with E-state index in [0.29, 0.717) is 42.1 Å². The number of Topliss-reactive ketones (excluding diaryl/α,β-unsaturated/α-hetero) is 1. The summed E-state index contributed by atoms with van der Waals surface area (Å²) in [5.74, 6) is 4.15. The topological polar surface area (TPSA) is 64.7 Å². The number of carbonyl (C=O) groups is 1. The highest BCUT2D eigenvalue weighted by molar-refractivity contribution is 5.87. The lowest BCUT2D eigenvalue weighted by molar-refractivity contribution is -0.141. The van der Waals surface area contributed by atoms with Crippen molar-refractivity contribution in [2.45, 2.75) is 72.1 Å². The van der Waals surface area contributed by atoms with E-state index in [4.69, 9.17) is 10.6 Å². The van der Waals surface area contributed by atoms with E-state index in [-0.39, 0.29) is 17.8 Å². The van der Waals surface area contributed by atoms with Crippen LogP contribution >= 0.6 is 12.4 Å². The summed E-state index contributed by atoms with van der Waals surface area (Å²) in [5, 5.41) is 4.40. The molecule has 27 heavy (non-hydrogen) atoms. The third-order valence-electron chi connectivity index (χ3n) is 8.98. The van der Waals surface area contributed by atoms with Gasteiger partial charge in [-0.1, -0.05) is 25.9 Å². The summed E-state index contributed by atoms with van der Waals surface area (Å²) in [7, 11) is 0. The summed E-state index contributed by atoms with van der Waals surface area (Å²) in [4.78, 5) is 18.0. The molecule has 4 aliphatic rings. The fraction of sp³-hybridized carbons (Fsp3) is 0.909. The second-order valence-corrected chi connectivity index (χ2v) is 10.1. The number of carbonyl (C=O) groups excluding carboxylic acids is 1. The highest BCUT2D eigenvalue weighted by atomic mass is 35.5. The van der Waals surface area contributed by atoms with Crippen molar-refractivity contribution in [2.24, 2.45) is 51.3 Å². The summed E-state index contributed by atoms with van der Waals surface area (Å²) in [6, 6.07) is 0. The molecule has 0 bridgehead atoms. The Hall–Kier alpha value is -0.610. The van der Waals surface area contributed by atoms with Crippen molar-refractivity contribution in [3.63, 3.8) is 0 Å². The average molecular weight is 397 g/mol. The lowest BCUT2D eigenvalue weighted by Crippen LogP contribution is -2.56. The molecule has 7 atom stereocenters. The van der Waals surface area contributed by atoms with Crippen LogP contribution in [0.2, 0.25) is 0 Å². The van der Waals surface area contributed by atoms with Crippen LogP contribution in [0.25, 0.3) is 0 Å². The standard InChI is InChI=1S/C22H36N2O2.ClH/c1-14-12-16-17-4-5-20(25)22(17,3)9-7-18(16)21(2)8-6-15(13-19(14)21)24-26-11-10-23;/h14,16-19H,4-13,23H2,1-3H3;1H/t14?,16-,17-,18-,19?,21+,22-;/m0./s1. The molecule has 0 amide bonds. The van der Waals surface area contributed by atoms with Crippen LogP contribution in [0.1, 0.15) is 72.1 Å². The molecule has 4 fully saturated rings. The molecule has 0 radical (unpaired) electrons. The molecule has 4 nitrogen and oxygen atoms in total. The van der Waals surface area contributed by atoms with Gasteiger partial charge in [-0.2, -0.15) is 0 Å². The molecule has 0 aromatic heterocycles. The molecule has 4 aliphatic carbocycles. The van der Waals surface area contributed by atoms with E-state index in [1.165, 1.54) is 25.0 Å². The zero-order valence-corrected chi connectivity index (χ0v) is 18.0. The lowest BCUT2D eigenvalue weighted by Gasteiger charge is -2.61. The first kappa shape index (κ1) is 21.1. The summed E-state index contributed by atoms with van der Waals surface area (Å²) >= 11 is 0. The van der Waals surface area contributed by atoms with Gasteiger partial charge in [-0.25, -0.2) is 0 Å². The van der Waals surface area contributed by atoms with Gasteiger partial charge in [0.1, 0.15) is 12.4 Å². The Balaban J connectivity index is 0.00000210. The number of nitrogens with zero attached hydrogens (tertiary/aromatic N) is 1. The van der Waals surface area contributed by atoms with Crippen LogP contribution < -0.4 is 5.73 Å². The minimum atomic E-state index is -0.0125. The minimum absolute atomic E-state index is 0. The Bertz CT molecular complexity index is 609. The van der Waals surface area contributed by atoms with E-state index in [1.807, 2.05) is 0 Å². The predicted octanol–water partition coefficient (Wildman–Crippen LogP) is 4.60. The van der Waals surface area contributed by atoms with Gasteiger partial charge < -0.3 is 10.6 Å². The molecule has 154 valence electrons. The number of fused-ring (bicyclic) bond motifs is 5. The number of hydrogen-bond donors (Lipinski definition) is 1. The molecule has 0 aliphatic heterocycles. The zero-order chi connectivity index (χ0) is 18.5. The molecule has 2 unspecified atom stereocenters. The van der Waals surface area contributed by atoms with Crippen LogP contribution in [0, 0.1) is 40.4 Å². The number of rotatable bonds is 3. The number of ketones is 1. The molecule has 4 saturated carbocycles. The van der Waals surface area contributed by atoms with Crippen LogP contribution in [0.15, 0.2) is 5.16 Å². The van der Waals surface area contributed by atoms with Gasteiger partial charge in [-0.3, -0.25) is 4.79 Å². The molecule has 4 rings (SSSR count). The van der Waals surface area contributed by atoms with Crippen molar-refractivity contribution >= 4 is 23.9 Å². The van der Waals surface area contributed by atoms with Gasteiger partial charge in [0.2, 0.25) is 0 Å². The van der Waals surface area contributed by atoms with Gasteiger partial charge in [0.15, 0.2) is 0 Å². The Kier molecular flexibility index (Phi) is 5.99. The minimum Gasteiger partial charge on any atom is -0.395 e. The second-order valence-electron chi connectivity index (χ2n) is 10.1. The number of halogens is 1. The largest absolute Gasteiger partial charge is 0.395 e. The maximum absolute atomic E-state index is 12.6. The molecule has 0 spiro atoms. The average Bonchev–Trinajstić information content (AvgIpc) is 2.92. The number of nitrogens with two attached hydrogens (primary N) is 1. The summed E-state index contributed by atoms with van der Waals surface area (Å²) < 4.78 is 0. The fourth-order valence-corrected chi connectivity index (χ4v) is 7.57. The third-order valence-corrected chi connectivity index (χ3v) is 8.98. The van der Waals surface area contributed by atoms with Crippen molar-refractivity contribution in [2.75, 3.05) is 13.2 Å². The first-order chi connectivity index (χ1) is 12.4. The summed E-state index contributed by atoms with van der Waals surface area (Å²) in [6.45, 7) is 8.33. The van der Waals surface area contributed by atoms with Crippen molar-refractivity contribution in [1.29, 1.82) is 0 Å². The Morgan fingerprint density at radius 3 is 2.67 bits per heavy atom. The van der Waals surface area contributed by atoms with Crippen LogP contribution in [-0.4, -0.2) is 24.6 Å². The van der Waals surface area contributed by atoms with Crippen LogP contribution in [0.5, 0.6) is 0 Å². The normalized spacial score (nSPS) is 47.6. The lowest BCUT2D eigenvalue weighted by atomic mass is 9.43. The van der Waals surface area contributed by atoms with Crippen molar-refractivity contribution in [1.82, 2.24) is 0 Å². The van der Waals surface area contributed by atoms with Gasteiger partial charge in [-0.05, 0) is 80.0 Å². The first-order valence-electron chi connectivity index (χ1n) is 10.8. The van der Waals surface area contributed by atoms with Gasteiger partial charge in [0.25, 0.3) is 0 Å². The van der Waals surface area contributed by atoms with Crippen molar-refractivity contribution < 1.29 is 9.63 Å². The van der Waals surface area contributed by atoms with E-state index < -0.39 is 0 Å². The molecule has 0 aromatic carbocycles. The Morgan fingerprint density at radius 1 is 1.15 bits per heavy atom. The molecule has 0 aromatic rings. The van der Waals surface area contributed by atoms with Gasteiger partial charge in [-0.15, -0.1) is 12.4 Å². The fourth-order valence-electron chi connectivity index (χ4n) is 7.57. The van der Waals surface area contributed by atoms with Crippen LogP contribution in [0.4, 0.5) is 0 Å². The molecule has 0 saturated heterocycles. The van der Waals surface area contributed by atoms with E-state index >= 15 is 0 Å². The molecule has 2 N–H and O–H groups in total.